The summed E-state index contributed by atoms with van der Waals surface area (Å²) in [5, 5.41) is 5.56. The van der Waals surface area contributed by atoms with Crippen LogP contribution < -0.4 is 5.32 Å². The highest BCUT2D eigenvalue weighted by atomic mass is 32.1. The Morgan fingerprint density at radius 2 is 2.25 bits per heavy atom. The smallest absolute Gasteiger partial charge is 0.135 e. The summed E-state index contributed by atoms with van der Waals surface area (Å²) >= 11 is 1.76. The Morgan fingerprint density at radius 3 is 2.94 bits per heavy atom. The van der Waals surface area contributed by atoms with Gasteiger partial charge in [0.15, 0.2) is 0 Å². The maximum Gasteiger partial charge on any atom is 0.135 e. The van der Waals surface area contributed by atoms with Crippen molar-refractivity contribution in [2.45, 2.75) is 32.4 Å². The minimum Gasteiger partial charge on any atom is -0.460 e. The van der Waals surface area contributed by atoms with Gasteiger partial charge in [-0.1, -0.05) is 0 Å². The summed E-state index contributed by atoms with van der Waals surface area (Å²) in [7, 11) is 0. The number of nitrogens with one attached hydrogen (secondary N) is 1. The number of hydrogen-bond acceptors (Lipinski definition) is 3. The topological polar surface area (TPSA) is 25.2 Å². The predicted octanol–water partition coefficient (Wildman–Crippen LogP) is 3.57. The SMILES string of the molecule is Cc1sccc1-c1ccc(CNC2CC2)o1. The van der Waals surface area contributed by atoms with Gasteiger partial charge < -0.3 is 9.73 Å². The minimum absolute atomic E-state index is 0.733. The average Bonchev–Trinajstić information content (AvgIpc) is 2.82. The second kappa shape index (κ2) is 4.07. The Hall–Kier alpha value is -1.06. The zero-order chi connectivity index (χ0) is 11.0. The van der Waals surface area contributed by atoms with Gasteiger partial charge in [0, 0.05) is 16.5 Å². The van der Waals surface area contributed by atoms with E-state index >= 15 is 0 Å². The van der Waals surface area contributed by atoms with Crippen LogP contribution in [-0.2, 0) is 6.54 Å². The zero-order valence-electron chi connectivity index (χ0n) is 9.32. The van der Waals surface area contributed by atoms with Crippen LogP contribution in [0.4, 0.5) is 0 Å². The Balaban J connectivity index is 1.74. The van der Waals surface area contributed by atoms with Crippen LogP contribution in [0, 0.1) is 6.92 Å². The summed E-state index contributed by atoms with van der Waals surface area (Å²) in [5.74, 6) is 2.03. The standard InChI is InChI=1S/C13H15NOS/c1-9-12(6-7-16-9)13-5-4-11(15-13)8-14-10-2-3-10/h4-7,10,14H,2-3,8H2,1H3. The molecule has 0 unspecified atom stereocenters. The van der Waals surface area contributed by atoms with Crippen LogP contribution in [0.1, 0.15) is 23.5 Å². The summed E-state index contributed by atoms with van der Waals surface area (Å²) in [4.78, 5) is 1.32. The van der Waals surface area contributed by atoms with Gasteiger partial charge in [0.2, 0.25) is 0 Å². The second-order valence-corrected chi connectivity index (χ2v) is 5.43. The van der Waals surface area contributed by atoms with Crippen molar-refractivity contribution in [1.29, 1.82) is 0 Å². The van der Waals surface area contributed by atoms with E-state index in [4.69, 9.17) is 4.42 Å². The van der Waals surface area contributed by atoms with E-state index in [1.54, 1.807) is 11.3 Å². The summed E-state index contributed by atoms with van der Waals surface area (Å²) in [6.45, 7) is 2.98. The van der Waals surface area contributed by atoms with Gasteiger partial charge in [-0.05, 0) is 43.3 Å². The highest BCUT2D eigenvalue weighted by Crippen LogP contribution is 2.29. The van der Waals surface area contributed by atoms with Crippen molar-refractivity contribution < 1.29 is 4.42 Å². The third kappa shape index (κ3) is 2.06. The summed E-state index contributed by atoms with van der Waals surface area (Å²) in [6, 6.07) is 6.99. The molecule has 3 heteroatoms. The number of furan rings is 1. The number of hydrogen-bond donors (Lipinski definition) is 1. The van der Waals surface area contributed by atoms with Gasteiger partial charge in [-0.15, -0.1) is 11.3 Å². The van der Waals surface area contributed by atoms with E-state index in [0.29, 0.717) is 0 Å². The van der Waals surface area contributed by atoms with Crippen molar-refractivity contribution in [2.24, 2.45) is 0 Å². The first-order valence-electron chi connectivity index (χ1n) is 5.69. The first kappa shape index (κ1) is 10.1. The van der Waals surface area contributed by atoms with Crippen LogP contribution in [0.3, 0.4) is 0 Å². The van der Waals surface area contributed by atoms with E-state index in [2.05, 4.69) is 35.8 Å². The molecule has 2 aromatic rings. The van der Waals surface area contributed by atoms with E-state index < -0.39 is 0 Å². The molecule has 0 aliphatic heterocycles. The van der Waals surface area contributed by atoms with Crippen molar-refractivity contribution in [3.8, 4) is 11.3 Å². The number of aryl methyl sites for hydroxylation is 1. The van der Waals surface area contributed by atoms with Crippen LogP contribution in [0.2, 0.25) is 0 Å². The Labute approximate surface area is 99.3 Å². The lowest BCUT2D eigenvalue weighted by atomic mass is 10.2. The lowest BCUT2D eigenvalue weighted by Crippen LogP contribution is -2.14. The molecule has 0 saturated heterocycles. The van der Waals surface area contributed by atoms with E-state index in [0.717, 1.165) is 24.1 Å². The lowest BCUT2D eigenvalue weighted by Gasteiger charge is -1.98. The van der Waals surface area contributed by atoms with Gasteiger partial charge in [-0.25, -0.2) is 0 Å². The normalized spacial score (nSPS) is 15.6. The Morgan fingerprint density at radius 1 is 1.38 bits per heavy atom. The first-order valence-corrected chi connectivity index (χ1v) is 6.57. The van der Waals surface area contributed by atoms with Crippen LogP contribution in [-0.4, -0.2) is 6.04 Å². The molecule has 16 heavy (non-hydrogen) atoms. The molecule has 0 aromatic carbocycles. The summed E-state index contributed by atoms with van der Waals surface area (Å²) < 4.78 is 5.83. The Kier molecular flexibility index (Phi) is 2.58. The molecule has 1 fully saturated rings. The first-order chi connectivity index (χ1) is 7.83. The van der Waals surface area contributed by atoms with Crippen molar-refractivity contribution in [3.05, 3.63) is 34.2 Å². The monoisotopic (exact) mass is 233 g/mol. The minimum atomic E-state index is 0.733. The molecule has 2 aromatic heterocycles. The van der Waals surface area contributed by atoms with Gasteiger partial charge >= 0.3 is 0 Å². The van der Waals surface area contributed by atoms with Gasteiger partial charge in [0.25, 0.3) is 0 Å². The molecule has 0 atom stereocenters. The molecular weight excluding hydrogens is 218 g/mol. The third-order valence-electron chi connectivity index (χ3n) is 2.93. The van der Waals surface area contributed by atoms with Crippen molar-refractivity contribution in [3.63, 3.8) is 0 Å². The molecule has 0 radical (unpaired) electrons. The molecule has 84 valence electrons. The quantitative estimate of drug-likeness (QED) is 0.873. The molecule has 1 N–H and O–H groups in total. The van der Waals surface area contributed by atoms with Gasteiger partial charge in [0.1, 0.15) is 11.5 Å². The molecule has 2 heterocycles. The van der Waals surface area contributed by atoms with Gasteiger partial charge in [0.05, 0.1) is 6.54 Å². The third-order valence-corrected chi connectivity index (χ3v) is 3.77. The second-order valence-electron chi connectivity index (χ2n) is 4.31. The fourth-order valence-corrected chi connectivity index (χ4v) is 2.49. The molecule has 0 spiro atoms. The van der Waals surface area contributed by atoms with Crippen molar-refractivity contribution in [2.75, 3.05) is 0 Å². The predicted molar refractivity (Wildman–Crippen MR) is 66.6 cm³/mol. The molecule has 2 nitrogen and oxygen atoms in total. The largest absolute Gasteiger partial charge is 0.460 e. The average molecular weight is 233 g/mol. The Bertz CT molecular complexity index is 482. The van der Waals surface area contributed by atoms with Gasteiger partial charge in [-0.3, -0.25) is 0 Å². The lowest BCUT2D eigenvalue weighted by molar-refractivity contribution is 0.492. The van der Waals surface area contributed by atoms with E-state index in [9.17, 15) is 0 Å². The molecule has 1 saturated carbocycles. The molecule has 1 aliphatic rings. The molecule has 3 rings (SSSR count). The van der Waals surface area contributed by atoms with Crippen LogP contribution in [0.5, 0.6) is 0 Å². The molecule has 1 aliphatic carbocycles. The number of rotatable bonds is 4. The summed E-state index contributed by atoms with van der Waals surface area (Å²) in [5.41, 5.74) is 1.22. The fraction of sp³-hybridized carbons (Fsp3) is 0.385. The van der Waals surface area contributed by atoms with Gasteiger partial charge in [-0.2, -0.15) is 0 Å². The van der Waals surface area contributed by atoms with Crippen molar-refractivity contribution in [1.82, 2.24) is 5.32 Å². The van der Waals surface area contributed by atoms with Crippen LogP contribution in [0.15, 0.2) is 28.0 Å². The highest BCUT2D eigenvalue weighted by Gasteiger charge is 2.20. The van der Waals surface area contributed by atoms with E-state index in [1.165, 1.54) is 23.3 Å². The van der Waals surface area contributed by atoms with Crippen LogP contribution >= 0.6 is 11.3 Å². The van der Waals surface area contributed by atoms with E-state index in [1.807, 2.05) is 0 Å². The van der Waals surface area contributed by atoms with Crippen LogP contribution in [0.25, 0.3) is 11.3 Å². The van der Waals surface area contributed by atoms with Crippen molar-refractivity contribution >= 4 is 11.3 Å². The maximum atomic E-state index is 5.83. The highest BCUT2D eigenvalue weighted by molar-refractivity contribution is 7.10. The molecular formula is C13H15NOS. The van der Waals surface area contributed by atoms with E-state index in [-0.39, 0.29) is 0 Å². The maximum absolute atomic E-state index is 5.83. The zero-order valence-corrected chi connectivity index (χ0v) is 10.1. The molecule has 0 amide bonds. The summed E-state index contributed by atoms with van der Waals surface area (Å²) in [6.07, 6.45) is 2.63. The number of thiophene rings is 1. The fourth-order valence-electron chi connectivity index (χ4n) is 1.79. The molecule has 0 bridgehead atoms.